The van der Waals surface area contributed by atoms with Crippen LogP contribution in [0.4, 0.5) is 0 Å². The summed E-state index contributed by atoms with van der Waals surface area (Å²) >= 11 is 1.49. The molecule has 0 saturated carbocycles. The summed E-state index contributed by atoms with van der Waals surface area (Å²) in [5.41, 5.74) is 1.84. The molecule has 2 heterocycles. The van der Waals surface area contributed by atoms with E-state index in [-0.39, 0.29) is 11.9 Å². The van der Waals surface area contributed by atoms with Gasteiger partial charge in [-0.05, 0) is 31.2 Å². The Morgan fingerprint density at radius 1 is 1.31 bits per heavy atom. The molecular formula is C19H20N4O2S. The third-order valence-corrected chi connectivity index (χ3v) is 4.83. The van der Waals surface area contributed by atoms with Gasteiger partial charge >= 0.3 is 0 Å². The second-order valence-electron chi connectivity index (χ2n) is 5.68. The van der Waals surface area contributed by atoms with Crippen molar-refractivity contribution in [2.24, 2.45) is 0 Å². The van der Waals surface area contributed by atoms with Gasteiger partial charge in [-0.15, -0.1) is 11.8 Å². The third-order valence-electron chi connectivity index (χ3n) is 3.82. The summed E-state index contributed by atoms with van der Waals surface area (Å²) in [6.45, 7) is 1.95. The Morgan fingerprint density at radius 3 is 2.88 bits per heavy atom. The van der Waals surface area contributed by atoms with Crippen molar-refractivity contribution in [3.63, 3.8) is 0 Å². The van der Waals surface area contributed by atoms with Crippen molar-refractivity contribution in [1.82, 2.24) is 20.1 Å². The van der Waals surface area contributed by atoms with Crippen molar-refractivity contribution in [2.45, 2.75) is 17.9 Å². The number of amides is 1. The quantitative estimate of drug-likeness (QED) is 0.649. The van der Waals surface area contributed by atoms with Crippen LogP contribution in [-0.2, 0) is 4.79 Å². The van der Waals surface area contributed by atoms with Crippen LogP contribution in [0.1, 0.15) is 18.5 Å². The van der Waals surface area contributed by atoms with E-state index in [2.05, 4.69) is 15.4 Å². The fourth-order valence-electron chi connectivity index (χ4n) is 2.40. The van der Waals surface area contributed by atoms with Gasteiger partial charge in [-0.1, -0.05) is 6.07 Å². The lowest BCUT2D eigenvalue weighted by Crippen LogP contribution is -2.27. The lowest BCUT2D eigenvalue weighted by atomic mass is 10.2. The molecule has 7 heteroatoms. The Balaban J connectivity index is 1.59. The number of pyridine rings is 1. The zero-order valence-corrected chi connectivity index (χ0v) is 15.4. The molecule has 2 aromatic heterocycles. The molecule has 0 saturated heterocycles. The molecule has 1 atom stereocenters. The van der Waals surface area contributed by atoms with Crippen LogP contribution in [0.5, 0.6) is 5.75 Å². The average molecular weight is 368 g/mol. The minimum Gasteiger partial charge on any atom is -0.497 e. The zero-order valence-electron chi connectivity index (χ0n) is 14.6. The molecule has 134 valence electrons. The maximum atomic E-state index is 12.2. The van der Waals surface area contributed by atoms with Crippen molar-refractivity contribution in [3.8, 4) is 11.4 Å². The smallest absolute Gasteiger partial charge is 0.230 e. The van der Waals surface area contributed by atoms with E-state index in [0.29, 0.717) is 5.75 Å². The molecule has 26 heavy (non-hydrogen) atoms. The highest BCUT2D eigenvalue weighted by Crippen LogP contribution is 2.19. The SMILES string of the molecule is COc1cccc(-n2cc(C(C)NC(=O)CSc3ccncc3)cn2)c1. The topological polar surface area (TPSA) is 69.0 Å². The van der Waals surface area contributed by atoms with Crippen LogP contribution >= 0.6 is 11.8 Å². The second kappa shape index (κ2) is 8.53. The summed E-state index contributed by atoms with van der Waals surface area (Å²) in [7, 11) is 1.63. The lowest BCUT2D eigenvalue weighted by Gasteiger charge is -2.12. The predicted octanol–water partition coefficient (Wildman–Crippen LogP) is 3.25. The number of aromatic nitrogens is 3. The summed E-state index contributed by atoms with van der Waals surface area (Å²) in [6.07, 6.45) is 7.11. The van der Waals surface area contributed by atoms with Crippen LogP contribution in [0.2, 0.25) is 0 Å². The van der Waals surface area contributed by atoms with Gasteiger partial charge in [0.2, 0.25) is 5.91 Å². The number of rotatable bonds is 7. The number of nitrogens with zero attached hydrogens (tertiary/aromatic N) is 3. The van der Waals surface area contributed by atoms with Gasteiger partial charge in [0.25, 0.3) is 0 Å². The molecule has 1 aromatic carbocycles. The van der Waals surface area contributed by atoms with Crippen LogP contribution in [0.3, 0.4) is 0 Å². The minimum atomic E-state index is -0.125. The molecule has 0 aliphatic rings. The number of hydrogen-bond acceptors (Lipinski definition) is 5. The van der Waals surface area contributed by atoms with Crippen LogP contribution in [-0.4, -0.2) is 33.5 Å². The highest BCUT2D eigenvalue weighted by Gasteiger charge is 2.12. The number of carbonyl (C=O) groups excluding carboxylic acids is 1. The minimum absolute atomic E-state index is 0.0200. The van der Waals surface area contributed by atoms with Gasteiger partial charge in [-0.3, -0.25) is 9.78 Å². The Bertz CT molecular complexity index is 867. The van der Waals surface area contributed by atoms with E-state index in [1.54, 1.807) is 30.4 Å². The number of ether oxygens (including phenoxy) is 1. The molecule has 0 bridgehead atoms. The highest BCUT2D eigenvalue weighted by molar-refractivity contribution is 8.00. The number of methoxy groups -OCH3 is 1. The van der Waals surface area contributed by atoms with Crippen molar-refractivity contribution in [2.75, 3.05) is 12.9 Å². The first-order valence-corrected chi connectivity index (χ1v) is 9.15. The number of hydrogen-bond donors (Lipinski definition) is 1. The van der Waals surface area contributed by atoms with E-state index in [4.69, 9.17) is 4.74 Å². The Hall–Kier alpha value is -2.80. The van der Waals surface area contributed by atoms with Gasteiger partial charge in [0, 0.05) is 35.1 Å². The third kappa shape index (κ3) is 4.64. The van der Waals surface area contributed by atoms with Crippen molar-refractivity contribution in [3.05, 3.63) is 66.7 Å². The molecule has 0 aliphatic heterocycles. The standard InChI is InChI=1S/C19H20N4O2S/c1-14(22-19(24)13-26-18-6-8-20-9-7-18)15-11-21-23(12-15)16-4-3-5-17(10-16)25-2/h3-12,14H,13H2,1-2H3,(H,22,24). The normalized spacial score (nSPS) is 11.8. The van der Waals surface area contributed by atoms with Gasteiger partial charge < -0.3 is 10.1 Å². The predicted molar refractivity (Wildman–Crippen MR) is 102 cm³/mol. The largest absolute Gasteiger partial charge is 0.497 e. The highest BCUT2D eigenvalue weighted by atomic mass is 32.2. The van der Waals surface area contributed by atoms with Crippen LogP contribution in [0, 0.1) is 0 Å². The first-order chi connectivity index (χ1) is 12.7. The maximum Gasteiger partial charge on any atom is 0.230 e. The second-order valence-corrected chi connectivity index (χ2v) is 6.73. The summed E-state index contributed by atoms with van der Waals surface area (Å²) in [5.74, 6) is 1.11. The molecule has 1 N–H and O–H groups in total. The molecule has 1 amide bonds. The molecular weight excluding hydrogens is 348 g/mol. The molecule has 0 spiro atoms. The zero-order chi connectivity index (χ0) is 18.4. The van der Waals surface area contributed by atoms with E-state index >= 15 is 0 Å². The van der Waals surface area contributed by atoms with Crippen LogP contribution < -0.4 is 10.1 Å². The van der Waals surface area contributed by atoms with Crippen molar-refractivity contribution < 1.29 is 9.53 Å². The molecule has 3 rings (SSSR count). The number of benzene rings is 1. The monoisotopic (exact) mass is 368 g/mol. The summed E-state index contributed by atoms with van der Waals surface area (Å²) < 4.78 is 7.01. The maximum absolute atomic E-state index is 12.2. The van der Waals surface area contributed by atoms with Gasteiger partial charge in [-0.25, -0.2) is 4.68 Å². The summed E-state index contributed by atoms with van der Waals surface area (Å²) in [4.78, 5) is 17.2. The fourth-order valence-corrected chi connectivity index (χ4v) is 3.10. The van der Waals surface area contributed by atoms with E-state index in [9.17, 15) is 4.79 Å². The van der Waals surface area contributed by atoms with E-state index < -0.39 is 0 Å². The first kappa shape index (κ1) is 18.0. The number of nitrogens with one attached hydrogen (secondary N) is 1. The molecule has 0 fully saturated rings. The van der Waals surface area contributed by atoms with Crippen LogP contribution in [0.15, 0.2) is 66.1 Å². The van der Waals surface area contributed by atoms with Gasteiger partial charge in [0.05, 0.1) is 30.8 Å². The Morgan fingerprint density at radius 2 is 2.12 bits per heavy atom. The summed E-state index contributed by atoms with van der Waals surface area (Å²) in [6, 6.07) is 11.3. The van der Waals surface area contributed by atoms with E-state index in [1.165, 1.54) is 11.8 Å². The molecule has 3 aromatic rings. The fraction of sp³-hybridized carbons (Fsp3) is 0.211. The first-order valence-electron chi connectivity index (χ1n) is 8.17. The Kier molecular flexibility index (Phi) is 5.91. The average Bonchev–Trinajstić information content (AvgIpc) is 3.18. The van der Waals surface area contributed by atoms with Gasteiger partial charge in [0.15, 0.2) is 0 Å². The Labute approximate surface area is 156 Å². The van der Waals surface area contributed by atoms with E-state index in [0.717, 1.165) is 21.9 Å². The van der Waals surface area contributed by atoms with Gasteiger partial charge in [0.1, 0.15) is 5.75 Å². The summed E-state index contributed by atoms with van der Waals surface area (Å²) in [5, 5.41) is 7.38. The van der Waals surface area contributed by atoms with Gasteiger partial charge in [-0.2, -0.15) is 5.10 Å². The molecule has 0 radical (unpaired) electrons. The van der Waals surface area contributed by atoms with Crippen molar-refractivity contribution in [1.29, 1.82) is 0 Å². The number of carbonyl (C=O) groups is 1. The molecule has 6 nitrogen and oxygen atoms in total. The molecule has 1 unspecified atom stereocenters. The van der Waals surface area contributed by atoms with Crippen molar-refractivity contribution >= 4 is 17.7 Å². The number of thioether (sulfide) groups is 1. The van der Waals surface area contributed by atoms with Crippen LogP contribution in [0.25, 0.3) is 5.69 Å². The lowest BCUT2D eigenvalue weighted by molar-refractivity contribution is -0.119. The molecule has 0 aliphatic carbocycles. The van der Waals surface area contributed by atoms with E-state index in [1.807, 2.05) is 49.5 Å².